The lowest BCUT2D eigenvalue weighted by Crippen LogP contribution is -2.64. The summed E-state index contributed by atoms with van der Waals surface area (Å²) in [5, 5.41) is 32.1. The third-order valence-electron chi connectivity index (χ3n) is 12.7. The molecular formula is C30H44O5. The molecule has 194 valence electrons. The molecule has 9 atom stereocenters. The standard InChI is InChI=1S/C30H44O5/c1-25(2)20-10-11-30(7)21(28(20,5)15-19(31)23(25)33)9-8-17-18-14-26(3,24(34)35)16-22(32)27(18,4)12-13-29(17,30)6/h8,15,18,20-22,31-32H,9-14,16H2,1-7H3,(H,34,35). The van der Waals surface area contributed by atoms with Crippen LogP contribution in [0.1, 0.15) is 93.4 Å². The second kappa shape index (κ2) is 7.02. The van der Waals surface area contributed by atoms with E-state index in [1.807, 2.05) is 19.9 Å². The molecule has 3 N–H and O–H groups in total. The number of carbonyl (C=O) groups is 2. The maximum absolute atomic E-state index is 12.9. The fourth-order valence-electron chi connectivity index (χ4n) is 10.1. The molecule has 5 nitrogen and oxygen atoms in total. The van der Waals surface area contributed by atoms with Gasteiger partial charge in [0.05, 0.1) is 11.5 Å². The highest BCUT2D eigenvalue weighted by Crippen LogP contribution is 2.75. The van der Waals surface area contributed by atoms with Crippen molar-refractivity contribution in [3.05, 3.63) is 23.5 Å². The fraction of sp³-hybridized carbons (Fsp3) is 0.800. The summed E-state index contributed by atoms with van der Waals surface area (Å²) in [6.07, 6.45) is 9.18. The minimum absolute atomic E-state index is 0.0427. The van der Waals surface area contributed by atoms with Gasteiger partial charge in [0, 0.05) is 10.8 Å². The molecule has 5 aliphatic carbocycles. The molecular weight excluding hydrogens is 440 g/mol. The van der Waals surface area contributed by atoms with Crippen molar-refractivity contribution in [2.24, 2.45) is 50.2 Å². The van der Waals surface area contributed by atoms with Gasteiger partial charge in [-0.05, 0) is 91.9 Å². The van der Waals surface area contributed by atoms with Crippen LogP contribution in [0.15, 0.2) is 23.5 Å². The Hall–Kier alpha value is -1.62. The molecule has 0 aromatic rings. The topological polar surface area (TPSA) is 94.8 Å². The van der Waals surface area contributed by atoms with E-state index in [0.29, 0.717) is 12.8 Å². The molecule has 3 fully saturated rings. The summed E-state index contributed by atoms with van der Waals surface area (Å²) in [6.45, 7) is 15.0. The Kier molecular flexibility index (Phi) is 5.03. The van der Waals surface area contributed by atoms with Crippen LogP contribution in [-0.4, -0.2) is 33.2 Å². The van der Waals surface area contributed by atoms with Crippen molar-refractivity contribution in [1.82, 2.24) is 0 Å². The lowest BCUT2D eigenvalue weighted by molar-refractivity contribution is -0.180. The Bertz CT molecular complexity index is 1050. The number of hydrogen-bond acceptors (Lipinski definition) is 4. The van der Waals surface area contributed by atoms with Crippen molar-refractivity contribution in [2.45, 2.75) is 99.5 Å². The molecule has 0 amide bonds. The van der Waals surface area contributed by atoms with E-state index in [-0.39, 0.29) is 51.0 Å². The number of allylic oxidation sites excluding steroid dienone is 4. The Morgan fingerprint density at radius 1 is 0.971 bits per heavy atom. The van der Waals surface area contributed by atoms with Crippen LogP contribution in [-0.2, 0) is 9.59 Å². The first kappa shape index (κ1) is 25.0. The number of rotatable bonds is 1. The minimum atomic E-state index is -0.924. The average Bonchev–Trinajstić information content (AvgIpc) is 2.74. The lowest BCUT2D eigenvalue weighted by atomic mass is 9.34. The van der Waals surface area contributed by atoms with Crippen molar-refractivity contribution in [3.63, 3.8) is 0 Å². The molecule has 0 bridgehead atoms. The number of carbonyl (C=O) groups excluding carboxylic acids is 1. The first-order valence-corrected chi connectivity index (χ1v) is 13.6. The summed E-state index contributed by atoms with van der Waals surface area (Å²) < 4.78 is 0. The summed E-state index contributed by atoms with van der Waals surface area (Å²) in [6, 6.07) is 0. The van der Waals surface area contributed by atoms with E-state index in [9.17, 15) is 24.9 Å². The monoisotopic (exact) mass is 484 g/mol. The van der Waals surface area contributed by atoms with Crippen LogP contribution in [0.25, 0.3) is 0 Å². The number of carboxylic acid groups (broad SMARTS) is 1. The molecule has 9 unspecified atom stereocenters. The second-order valence-electron chi connectivity index (χ2n) is 14.6. The van der Waals surface area contributed by atoms with E-state index in [1.54, 1.807) is 6.92 Å². The maximum Gasteiger partial charge on any atom is 0.309 e. The van der Waals surface area contributed by atoms with Crippen molar-refractivity contribution in [3.8, 4) is 0 Å². The van der Waals surface area contributed by atoms with Crippen LogP contribution in [0.3, 0.4) is 0 Å². The van der Waals surface area contributed by atoms with Crippen molar-refractivity contribution in [2.75, 3.05) is 0 Å². The van der Waals surface area contributed by atoms with Crippen molar-refractivity contribution in [1.29, 1.82) is 0 Å². The Labute approximate surface area is 210 Å². The number of aliphatic hydroxyl groups excluding tert-OH is 2. The molecule has 0 aromatic carbocycles. The molecule has 35 heavy (non-hydrogen) atoms. The van der Waals surface area contributed by atoms with Gasteiger partial charge in [0.15, 0.2) is 5.76 Å². The first-order chi connectivity index (χ1) is 16.0. The van der Waals surface area contributed by atoms with Gasteiger partial charge < -0.3 is 15.3 Å². The minimum Gasteiger partial charge on any atom is -0.505 e. The first-order valence-electron chi connectivity index (χ1n) is 13.6. The van der Waals surface area contributed by atoms with E-state index in [0.717, 1.165) is 32.1 Å². The van der Waals surface area contributed by atoms with Gasteiger partial charge in [-0.25, -0.2) is 0 Å². The number of aliphatic hydroxyl groups is 2. The Morgan fingerprint density at radius 2 is 1.63 bits per heavy atom. The second-order valence-corrected chi connectivity index (χ2v) is 14.6. The summed E-state index contributed by atoms with van der Waals surface area (Å²) in [5.74, 6) is -0.533. The van der Waals surface area contributed by atoms with Crippen LogP contribution < -0.4 is 0 Å². The lowest BCUT2D eigenvalue weighted by Gasteiger charge is -2.70. The van der Waals surface area contributed by atoms with Crippen LogP contribution in [0.2, 0.25) is 0 Å². The molecule has 5 aliphatic rings. The predicted molar refractivity (Wildman–Crippen MR) is 135 cm³/mol. The van der Waals surface area contributed by atoms with Gasteiger partial charge in [0.2, 0.25) is 5.78 Å². The third-order valence-corrected chi connectivity index (χ3v) is 12.7. The number of Topliss-reactive ketones (excluding diaryl/α,β-unsaturated/α-hetero) is 1. The molecule has 0 saturated heterocycles. The van der Waals surface area contributed by atoms with Gasteiger partial charge in [0.25, 0.3) is 0 Å². The van der Waals surface area contributed by atoms with E-state index in [1.165, 1.54) is 5.57 Å². The normalized spacial score (nSPS) is 52.7. The molecule has 0 aromatic heterocycles. The highest BCUT2D eigenvalue weighted by atomic mass is 16.4. The average molecular weight is 485 g/mol. The zero-order chi connectivity index (χ0) is 26.0. The van der Waals surface area contributed by atoms with Crippen LogP contribution in [0.5, 0.6) is 0 Å². The summed E-state index contributed by atoms with van der Waals surface area (Å²) in [5.41, 5.74) is -0.908. The summed E-state index contributed by atoms with van der Waals surface area (Å²) >= 11 is 0. The maximum atomic E-state index is 12.9. The zero-order valence-electron chi connectivity index (χ0n) is 22.6. The predicted octanol–water partition coefficient (Wildman–Crippen LogP) is 6.07. The quantitative estimate of drug-likeness (QED) is 0.392. The highest BCUT2D eigenvalue weighted by Gasteiger charge is 2.69. The van der Waals surface area contributed by atoms with Gasteiger partial charge in [-0.1, -0.05) is 53.2 Å². The molecule has 3 saturated carbocycles. The summed E-state index contributed by atoms with van der Waals surface area (Å²) in [4.78, 5) is 25.2. The zero-order valence-corrected chi connectivity index (χ0v) is 22.6. The summed E-state index contributed by atoms with van der Waals surface area (Å²) in [7, 11) is 0. The van der Waals surface area contributed by atoms with Crippen LogP contribution in [0, 0.1) is 50.2 Å². The fourth-order valence-corrected chi connectivity index (χ4v) is 10.1. The highest BCUT2D eigenvalue weighted by molar-refractivity contribution is 5.98. The molecule has 5 rings (SSSR count). The number of fused-ring (bicyclic) bond motifs is 7. The van der Waals surface area contributed by atoms with Crippen molar-refractivity contribution >= 4 is 11.8 Å². The number of hydrogen-bond donors (Lipinski definition) is 3. The Balaban J connectivity index is 1.63. The third kappa shape index (κ3) is 2.85. The molecule has 0 heterocycles. The van der Waals surface area contributed by atoms with E-state index >= 15 is 0 Å². The number of carboxylic acids is 1. The Morgan fingerprint density at radius 3 is 2.26 bits per heavy atom. The van der Waals surface area contributed by atoms with Gasteiger partial charge in [-0.15, -0.1) is 0 Å². The smallest absolute Gasteiger partial charge is 0.309 e. The van der Waals surface area contributed by atoms with E-state index in [4.69, 9.17) is 0 Å². The SMILES string of the molecule is CC1(C(=O)O)CC(O)C2(C)CCC3(C)C(=CCC4C5(C)C=C(O)C(=O)C(C)(C)C5CCC43C)C2C1. The van der Waals surface area contributed by atoms with E-state index in [2.05, 4.69) is 33.8 Å². The van der Waals surface area contributed by atoms with Crippen molar-refractivity contribution < 1.29 is 24.9 Å². The molecule has 0 radical (unpaired) electrons. The van der Waals surface area contributed by atoms with Gasteiger partial charge in [0.1, 0.15) is 0 Å². The van der Waals surface area contributed by atoms with E-state index < -0.39 is 22.9 Å². The number of aliphatic carboxylic acids is 1. The van der Waals surface area contributed by atoms with Gasteiger partial charge in [-0.2, -0.15) is 0 Å². The van der Waals surface area contributed by atoms with Gasteiger partial charge >= 0.3 is 5.97 Å². The number of ketones is 1. The molecule has 5 heteroatoms. The van der Waals surface area contributed by atoms with Crippen LogP contribution >= 0.6 is 0 Å². The molecule has 0 aliphatic heterocycles. The van der Waals surface area contributed by atoms with Gasteiger partial charge in [-0.3, -0.25) is 9.59 Å². The van der Waals surface area contributed by atoms with Crippen LogP contribution in [0.4, 0.5) is 0 Å². The largest absolute Gasteiger partial charge is 0.505 e. The molecule has 0 spiro atoms.